The Hall–Kier alpha value is -1.86. The van der Waals surface area contributed by atoms with E-state index in [9.17, 15) is 13.2 Å². The smallest absolute Gasteiger partial charge is 0.340 e. The van der Waals surface area contributed by atoms with Gasteiger partial charge in [-0.2, -0.15) is 13.2 Å². The molecule has 104 valence electrons. The van der Waals surface area contributed by atoms with Crippen molar-refractivity contribution in [2.75, 3.05) is 0 Å². The Morgan fingerprint density at radius 3 is 2.70 bits per heavy atom. The fourth-order valence-electron chi connectivity index (χ4n) is 1.96. The summed E-state index contributed by atoms with van der Waals surface area (Å²) in [5, 5.41) is 1.89. The van der Waals surface area contributed by atoms with Crippen molar-refractivity contribution in [1.82, 2.24) is 9.97 Å². The predicted octanol–water partition coefficient (Wildman–Crippen LogP) is 3.69. The molecule has 1 aromatic carbocycles. The zero-order chi connectivity index (χ0) is 14.3. The molecule has 0 spiro atoms. The summed E-state index contributed by atoms with van der Waals surface area (Å²) < 4.78 is 37.9. The molecule has 7 heteroatoms. The van der Waals surface area contributed by atoms with E-state index in [0.29, 0.717) is 16.9 Å². The molecule has 2 heterocycles. The molecule has 1 unspecified atom stereocenters. The van der Waals surface area contributed by atoms with Crippen LogP contribution < -0.4 is 5.73 Å². The number of fused-ring (bicyclic) bond motifs is 1. The Balaban J connectivity index is 2.03. The zero-order valence-electron chi connectivity index (χ0n) is 10.1. The van der Waals surface area contributed by atoms with Gasteiger partial charge in [-0.25, -0.2) is 4.98 Å². The van der Waals surface area contributed by atoms with Crippen LogP contribution in [-0.4, -0.2) is 9.97 Å². The van der Waals surface area contributed by atoms with Crippen molar-refractivity contribution in [2.45, 2.75) is 12.2 Å². The second kappa shape index (κ2) is 4.60. The van der Waals surface area contributed by atoms with E-state index in [1.165, 1.54) is 17.4 Å². The fourth-order valence-corrected chi connectivity index (χ4v) is 2.69. The minimum absolute atomic E-state index is 0.335. The van der Waals surface area contributed by atoms with Crippen LogP contribution in [0.5, 0.6) is 0 Å². The maximum Gasteiger partial charge on any atom is 0.416 e. The van der Waals surface area contributed by atoms with Crippen molar-refractivity contribution >= 4 is 22.4 Å². The molecule has 0 saturated carbocycles. The summed E-state index contributed by atoms with van der Waals surface area (Å²) in [6, 6.07) is 6.68. The molecule has 2 aromatic heterocycles. The molecular weight excluding hydrogens is 287 g/mol. The lowest BCUT2D eigenvalue weighted by Gasteiger charge is -2.05. The number of alkyl halides is 3. The Kier molecular flexibility index (Phi) is 3.02. The van der Waals surface area contributed by atoms with Gasteiger partial charge in [0.25, 0.3) is 0 Å². The highest BCUT2D eigenvalue weighted by Crippen LogP contribution is 2.31. The van der Waals surface area contributed by atoms with Crippen LogP contribution >= 0.6 is 11.3 Å². The Labute approximate surface area is 116 Å². The first-order valence-corrected chi connectivity index (χ1v) is 6.69. The van der Waals surface area contributed by atoms with Crippen LogP contribution in [0.25, 0.3) is 11.0 Å². The van der Waals surface area contributed by atoms with Gasteiger partial charge in [0.15, 0.2) is 0 Å². The molecule has 0 bridgehead atoms. The number of benzene rings is 1. The SMILES string of the molecule is NC(c1nc2ccc(C(F)(F)F)cc2[nH]1)c1cccs1. The molecule has 3 rings (SSSR count). The lowest BCUT2D eigenvalue weighted by atomic mass is 10.2. The second-order valence-electron chi connectivity index (χ2n) is 4.34. The normalized spacial score (nSPS) is 13.8. The number of H-pyrrole nitrogens is 1. The van der Waals surface area contributed by atoms with Crippen molar-refractivity contribution < 1.29 is 13.2 Å². The Morgan fingerprint density at radius 2 is 2.05 bits per heavy atom. The predicted molar refractivity (Wildman–Crippen MR) is 71.4 cm³/mol. The lowest BCUT2D eigenvalue weighted by Crippen LogP contribution is -2.11. The summed E-state index contributed by atoms with van der Waals surface area (Å²) >= 11 is 1.48. The first-order chi connectivity index (χ1) is 9.45. The third-order valence-electron chi connectivity index (χ3n) is 2.97. The fraction of sp³-hybridized carbons (Fsp3) is 0.154. The number of imidazole rings is 1. The Morgan fingerprint density at radius 1 is 1.25 bits per heavy atom. The summed E-state index contributed by atoms with van der Waals surface area (Å²) in [6.07, 6.45) is -4.37. The van der Waals surface area contributed by atoms with Gasteiger partial charge in [-0.3, -0.25) is 0 Å². The Bertz CT molecular complexity index is 731. The summed E-state index contributed by atoms with van der Waals surface area (Å²) in [5.41, 5.74) is 6.15. The van der Waals surface area contributed by atoms with Crippen molar-refractivity contribution in [3.05, 3.63) is 52.0 Å². The van der Waals surface area contributed by atoms with E-state index in [-0.39, 0.29) is 0 Å². The van der Waals surface area contributed by atoms with Gasteiger partial charge in [0.2, 0.25) is 0 Å². The van der Waals surface area contributed by atoms with Crippen LogP contribution in [0.15, 0.2) is 35.7 Å². The minimum atomic E-state index is -4.37. The van der Waals surface area contributed by atoms with Gasteiger partial charge < -0.3 is 10.7 Å². The topological polar surface area (TPSA) is 54.7 Å². The monoisotopic (exact) mass is 297 g/mol. The molecule has 0 radical (unpaired) electrons. The third kappa shape index (κ3) is 2.30. The van der Waals surface area contributed by atoms with E-state index in [2.05, 4.69) is 9.97 Å². The van der Waals surface area contributed by atoms with E-state index in [0.717, 1.165) is 17.0 Å². The van der Waals surface area contributed by atoms with E-state index in [4.69, 9.17) is 5.73 Å². The van der Waals surface area contributed by atoms with Gasteiger partial charge >= 0.3 is 6.18 Å². The number of nitrogens with zero attached hydrogens (tertiary/aromatic N) is 1. The summed E-state index contributed by atoms with van der Waals surface area (Å²) in [4.78, 5) is 8.02. The molecule has 3 nitrogen and oxygen atoms in total. The number of thiophene rings is 1. The highest BCUT2D eigenvalue weighted by Gasteiger charge is 2.30. The first-order valence-electron chi connectivity index (χ1n) is 5.81. The molecule has 20 heavy (non-hydrogen) atoms. The number of hydrogen-bond acceptors (Lipinski definition) is 3. The van der Waals surface area contributed by atoms with Gasteiger partial charge in [0, 0.05) is 4.88 Å². The highest BCUT2D eigenvalue weighted by atomic mass is 32.1. The molecule has 0 fully saturated rings. The summed E-state index contributed by atoms with van der Waals surface area (Å²) in [5.74, 6) is 0.460. The van der Waals surface area contributed by atoms with Crippen LogP contribution in [-0.2, 0) is 6.18 Å². The lowest BCUT2D eigenvalue weighted by molar-refractivity contribution is -0.137. The number of aromatic amines is 1. The van der Waals surface area contributed by atoms with Crippen LogP contribution in [0.2, 0.25) is 0 Å². The number of aromatic nitrogens is 2. The molecule has 0 aliphatic rings. The van der Waals surface area contributed by atoms with Crippen LogP contribution in [0.1, 0.15) is 22.3 Å². The quantitative estimate of drug-likeness (QED) is 0.758. The molecule has 0 aliphatic heterocycles. The number of nitrogens with two attached hydrogens (primary N) is 1. The first kappa shape index (κ1) is 13.1. The number of hydrogen-bond donors (Lipinski definition) is 2. The largest absolute Gasteiger partial charge is 0.416 e. The average Bonchev–Trinajstić information content (AvgIpc) is 3.05. The average molecular weight is 297 g/mol. The minimum Gasteiger partial charge on any atom is -0.340 e. The van der Waals surface area contributed by atoms with Gasteiger partial charge in [-0.1, -0.05) is 6.07 Å². The second-order valence-corrected chi connectivity index (χ2v) is 5.32. The van der Waals surface area contributed by atoms with Crippen molar-refractivity contribution in [2.24, 2.45) is 5.73 Å². The van der Waals surface area contributed by atoms with Gasteiger partial charge in [0.1, 0.15) is 5.82 Å². The van der Waals surface area contributed by atoms with E-state index >= 15 is 0 Å². The number of rotatable bonds is 2. The molecule has 3 N–H and O–H groups in total. The summed E-state index contributed by atoms with van der Waals surface area (Å²) in [6.45, 7) is 0. The van der Waals surface area contributed by atoms with Crippen molar-refractivity contribution in [3.8, 4) is 0 Å². The summed E-state index contributed by atoms with van der Waals surface area (Å²) in [7, 11) is 0. The molecule has 3 aromatic rings. The molecule has 0 amide bonds. The van der Waals surface area contributed by atoms with Gasteiger partial charge in [-0.05, 0) is 29.6 Å². The van der Waals surface area contributed by atoms with Crippen molar-refractivity contribution in [3.63, 3.8) is 0 Å². The third-order valence-corrected chi connectivity index (χ3v) is 3.93. The van der Waals surface area contributed by atoms with Crippen molar-refractivity contribution in [1.29, 1.82) is 0 Å². The van der Waals surface area contributed by atoms with Crippen LogP contribution in [0, 0.1) is 0 Å². The zero-order valence-corrected chi connectivity index (χ0v) is 10.9. The maximum atomic E-state index is 12.6. The van der Waals surface area contributed by atoms with Gasteiger partial charge in [-0.15, -0.1) is 11.3 Å². The molecule has 0 saturated heterocycles. The molecular formula is C13H10F3N3S. The molecule has 1 atom stereocenters. The van der Waals surface area contributed by atoms with Crippen LogP contribution in [0.3, 0.4) is 0 Å². The molecule has 0 aliphatic carbocycles. The highest BCUT2D eigenvalue weighted by molar-refractivity contribution is 7.10. The van der Waals surface area contributed by atoms with Gasteiger partial charge in [0.05, 0.1) is 22.6 Å². The number of halogens is 3. The van der Waals surface area contributed by atoms with E-state index in [1.54, 1.807) is 0 Å². The standard InChI is InChI=1S/C13H10F3N3S/c14-13(15,16)7-3-4-8-9(6-7)19-12(18-8)11(17)10-2-1-5-20-10/h1-6,11H,17H2,(H,18,19). The number of nitrogens with one attached hydrogen (secondary N) is 1. The van der Waals surface area contributed by atoms with E-state index in [1.807, 2.05) is 17.5 Å². The van der Waals surface area contributed by atoms with Crippen LogP contribution in [0.4, 0.5) is 13.2 Å². The maximum absolute atomic E-state index is 12.6. The van der Waals surface area contributed by atoms with E-state index < -0.39 is 17.8 Å².